The molecule has 186 valence electrons. The standard InChI is InChI=1S/C17H16N2O8.C6H15N/c1-3-26-16(22)12-9-13(17(23)27-4-2)15(21)18(14(12)20)10-5-7-11(8-6-10)19(24)25;1-4-7(5-2)6-3/h5-9,20H,3-4H2,1-2H3;4-6H2,1-3H3. The first-order chi connectivity index (χ1) is 16.2. The quantitative estimate of drug-likeness (QED) is 0.321. The number of aromatic nitrogens is 1. The number of hydrogen-bond donors (Lipinski definition) is 1. The van der Waals surface area contributed by atoms with E-state index in [4.69, 9.17) is 9.47 Å². The maximum Gasteiger partial charge on any atom is 0.343 e. The minimum Gasteiger partial charge on any atom is -0.859 e. The number of nitro groups is 1. The second-order valence-electron chi connectivity index (χ2n) is 6.94. The van der Waals surface area contributed by atoms with Crippen LogP contribution in [0.2, 0.25) is 0 Å². The zero-order chi connectivity index (χ0) is 25.8. The van der Waals surface area contributed by atoms with E-state index in [-0.39, 0.29) is 24.6 Å². The predicted molar refractivity (Wildman–Crippen MR) is 123 cm³/mol. The zero-order valence-electron chi connectivity index (χ0n) is 20.1. The van der Waals surface area contributed by atoms with E-state index in [0.29, 0.717) is 4.57 Å². The third-order valence-corrected chi connectivity index (χ3v) is 4.97. The Kier molecular flexibility index (Phi) is 11.4. The van der Waals surface area contributed by atoms with Crippen LogP contribution in [-0.2, 0) is 9.47 Å². The third-order valence-electron chi connectivity index (χ3n) is 4.97. The molecular formula is C23H31N3O8. The number of nitro benzene ring substituents is 1. The Morgan fingerprint density at radius 1 is 0.912 bits per heavy atom. The van der Waals surface area contributed by atoms with E-state index in [9.17, 15) is 29.6 Å². The molecule has 1 aromatic carbocycles. The van der Waals surface area contributed by atoms with Crippen molar-refractivity contribution in [1.82, 2.24) is 4.57 Å². The molecule has 0 amide bonds. The smallest absolute Gasteiger partial charge is 0.343 e. The van der Waals surface area contributed by atoms with Gasteiger partial charge in [0.1, 0.15) is 5.56 Å². The molecule has 11 heteroatoms. The lowest BCUT2D eigenvalue weighted by Gasteiger charge is -2.21. The first-order valence-electron chi connectivity index (χ1n) is 11.1. The van der Waals surface area contributed by atoms with Gasteiger partial charge in [-0.1, -0.05) is 0 Å². The van der Waals surface area contributed by atoms with Gasteiger partial charge in [0.25, 0.3) is 11.2 Å². The molecule has 0 saturated heterocycles. The molecule has 0 bridgehead atoms. The van der Waals surface area contributed by atoms with E-state index < -0.39 is 39.4 Å². The molecule has 0 fully saturated rings. The van der Waals surface area contributed by atoms with Crippen molar-refractivity contribution in [2.75, 3.05) is 32.8 Å². The van der Waals surface area contributed by atoms with Crippen molar-refractivity contribution in [3.8, 4) is 11.6 Å². The molecule has 1 aromatic heterocycles. The highest BCUT2D eigenvalue weighted by atomic mass is 16.6. The summed E-state index contributed by atoms with van der Waals surface area (Å²) in [6.45, 7) is 13.5. The molecule has 0 aliphatic carbocycles. The van der Waals surface area contributed by atoms with Crippen molar-refractivity contribution in [2.24, 2.45) is 0 Å². The van der Waals surface area contributed by atoms with Crippen molar-refractivity contribution in [2.45, 2.75) is 34.6 Å². The van der Waals surface area contributed by atoms with Crippen LogP contribution < -0.4 is 15.6 Å². The van der Waals surface area contributed by atoms with E-state index in [2.05, 4.69) is 20.8 Å². The number of pyridine rings is 1. The fourth-order valence-electron chi connectivity index (χ4n) is 3.02. The van der Waals surface area contributed by atoms with Crippen LogP contribution in [0, 0.1) is 10.1 Å². The molecule has 2 aromatic rings. The topological polar surface area (TPSA) is 145 Å². The number of nitrogens with zero attached hydrogens (tertiary/aromatic N) is 2. The molecule has 1 heterocycles. The van der Waals surface area contributed by atoms with Gasteiger partial charge >= 0.3 is 11.9 Å². The molecule has 34 heavy (non-hydrogen) atoms. The summed E-state index contributed by atoms with van der Waals surface area (Å²) in [5.74, 6) is -3.03. The highest BCUT2D eigenvalue weighted by Gasteiger charge is 2.21. The van der Waals surface area contributed by atoms with Crippen LogP contribution in [0.1, 0.15) is 55.3 Å². The number of quaternary nitrogens is 1. The average Bonchev–Trinajstić information content (AvgIpc) is 2.81. The number of nitrogens with one attached hydrogen (secondary N) is 1. The number of esters is 2. The SMILES string of the molecule is CCOC(=O)c1cc(C(=O)OCC)c(=O)n(-c2ccc([N+](=O)[O-])cc2)c1[O-].CC[NH+](CC)CC. The summed E-state index contributed by atoms with van der Waals surface area (Å²) in [5.41, 5.74) is -2.38. The summed E-state index contributed by atoms with van der Waals surface area (Å²) in [4.78, 5) is 48.5. The van der Waals surface area contributed by atoms with Crippen LogP contribution in [0.3, 0.4) is 0 Å². The molecule has 0 unspecified atom stereocenters. The molecule has 2 rings (SSSR count). The van der Waals surface area contributed by atoms with Gasteiger partial charge < -0.3 is 19.5 Å². The summed E-state index contributed by atoms with van der Waals surface area (Å²) in [6, 6.07) is 5.32. The molecule has 11 nitrogen and oxygen atoms in total. The fraction of sp³-hybridized carbons (Fsp3) is 0.435. The number of ether oxygens (including phenoxy) is 2. The van der Waals surface area contributed by atoms with Crippen molar-refractivity contribution >= 4 is 17.6 Å². The van der Waals surface area contributed by atoms with E-state index in [1.165, 1.54) is 33.5 Å². The Morgan fingerprint density at radius 2 is 1.38 bits per heavy atom. The number of benzene rings is 1. The Labute approximate surface area is 197 Å². The molecule has 0 aliphatic heterocycles. The Morgan fingerprint density at radius 3 is 1.76 bits per heavy atom. The van der Waals surface area contributed by atoms with Crippen LogP contribution in [0.4, 0.5) is 5.69 Å². The minimum atomic E-state index is -1.01. The second-order valence-corrected chi connectivity index (χ2v) is 6.94. The van der Waals surface area contributed by atoms with Gasteiger partial charge in [0.15, 0.2) is 0 Å². The van der Waals surface area contributed by atoms with Gasteiger partial charge in [0.05, 0.1) is 43.3 Å². The largest absolute Gasteiger partial charge is 0.859 e. The number of carbonyl (C=O) groups excluding carboxylic acids is 2. The van der Waals surface area contributed by atoms with E-state index in [1.54, 1.807) is 4.90 Å². The van der Waals surface area contributed by atoms with Crippen molar-refractivity contribution < 1.29 is 34.0 Å². The van der Waals surface area contributed by atoms with Crippen LogP contribution in [0.5, 0.6) is 5.88 Å². The fourth-order valence-corrected chi connectivity index (χ4v) is 3.02. The van der Waals surface area contributed by atoms with Gasteiger partial charge in [0.2, 0.25) is 0 Å². The maximum absolute atomic E-state index is 12.6. The van der Waals surface area contributed by atoms with Gasteiger partial charge in [-0.05, 0) is 58.7 Å². The Hall–Kier alpha value is -3.73. The van der Waals surface area contributed by atoms with E-state index >= 15 is 0 Å². The summed E-state index contributed by atoms with van der Waals surface area (Å²) in [6.07, 6.45) is 0. The van der Waals surface area contributed by atoms with Gasteiger partial charge in [0, 0.05) is 17.8 Å². The molecule has 0 radical (unpaired) electrons. The number of carbonyl (C=O) groups is 2. The minimum absolute atomic E-state index is 0.0241. The lowest BCUT2D eigenvalue weighted by Crippen LogP contribution is -3.11. The number of hydrogen-bond acceptors (Lipinski definition) is 8. The lowest BCUT2D eigenvalue weighted by atomic mass is 10.1. The van der Waals surface area contributed by atoms with Gasteiger partial charge in [-0.15, -0.1) is 0 Å². The van der Waals surface area contributed by atoms with E-state index in [0.717, 1.165) is 30.3 Å². The van der Waals surface area contributed by atoms with Gasteiger partial charge in [-0.3, -0.25) is 19.5 Å². The molecule has 1 N–H and O–H groups in total. The predicted octanol–water partition coefficient (Wildman–Crippen LogP) is 1.10. The van der Waals surface area contributed by atoms with Crippen LogP contribution in [-0.4, -0.2) is 54.3 Å². The first-order valence-corrected chi connectivity index (χ1v) is 11.1. The Balaban J connectivity index is 0.000000718. The van der Waals surface area contributed by atoms with Crippen LogP contribution in [0.15, 0.2) is 35.1 Å². The molecule has 0 atom stereocenters. The summed E-state index contributed by atoms with van der Waals surface area (Å²) in [5, 5.41) is 23.4. The molecule has 0 saturated carbocycles. The lowest BCUT2D eigenvalue weighted by molar-refractivity contribution is -0.894. The maximum atomic E-state index is 12.6. The van der Waals surface area contributed by atoms with Crippen LogP contribution in [0.25, 0.3) is 5.69 Å². The average molecular weight is 478 g/mol. The molecule has 0 aliphatic rings. The monoisotopic (exact) mass is 477 g/mol. The highest BCUT2D eigenvalue weighted by molar-refractivity contribution is 5.96. The van der Waals surface area contributed by atoms with E-state index in [1.807, 2.05) is 0 Å². The third kappa shape index (κ3) is 7.14. The zero-order valence-corrected chi connectivity index (χ0v) is 20.1. The normalized spacial score (nSPS) is 10.3. The molecular weight excluding hydrogens is 446 g/mol. The van der Waals surface area contributed by atoms with Crippen LogP contribution >= 0.6 is 0 Å². The molecule has 0 spiro atoms. The summed E-state index contributed by atoms with van der Waals surface area (Å²) in [7, 11) is 0. The van der Waals surface area contributed by atoms with Gasteiger partial charge in [-0.25, -0.2) is 9.59 Å². The van der Waals surface area contributed by atoms with Crippen molar-refractivity contribution in [3.63, 3.8) is 0 Å². The summed E-state index contributed by atoms with van der Waals surface area (Å²) >= 11 is 0. The van der Waals surface area contributed by atoms with Gasteiger partial charge in [-0.2, -0.15) is 0 Å². The first kappa shape index (κ1) is 28.3. The van der Waals surface area contributed by atoms with Crippen molar-refractivity contribution in [3.05, 3.63) is 61.9 Å². The Bertz CT molecular complexity index is 1040. The highest BCUT2D eigenvalue weighted by Crippen LogP contribution is 2.21. The second kappa shape index (κ2) is 13.7. The number of non-ortho nitro benzene ring substituents is 1. The van der Waals surface area contributed by atoms with Crippen molar-refractivity contribution in [1.29, 1.82) is 0 Å². The number of rotatable bonds is 9. The summed E-state index contributed by atoms with van der Waals surface area (Å²) < 4.78 is 10.1.